The van der Waals surface area contributed by atoms with Crippen LogP contribution in [0.4, 0.5) is 15.8 Å². The van der Waals surface area contributed by atoms with Gasteiger partial charge in [-0.05, 0) is 42.5 Å². The van der Waals surface area contributed by atoms with E-state index in [1.54, 1.807) is 42.3 Å². The molecule has 0 radical (unpaired) electrons. The first-order valence-electron chi connectivity index (χ1n) is 7.82. The van der Waals surface area contributed by atoms with Gasteiger partial charge in [-0.25, -0.2) is 4.39 Å². The van der Waals surface area contributed by atoms with E-state index >= 15 is 0 Å². The minimum absolute atomic E-state index is 0.0388. The van der Waals surface area contributed by atoms with Gasteiger partial charge in [0.1, 0.15) is 11.6 Å². The Hall–Kier alpha value is -2.76. The largest absolute Gasteiger partial charge is 0.495 e. The van der Waals surface area contributed by atoms with Crippen molar-refractivity contribution >= 4 is 17.3 Å². The summed E-state index contributed by atoms with van der Waals surface area (Å²) in [5, 5.41) is 0. The van der Waals surface area contributed by atoms with Crippen LogP contribution in [0.1, 0.15) is 10.4 Å². The van der Waals surface area contributed by atoms with Gasteiger partial charge in [-0.1, -0.05) is 0 Å². The summed E-state index contributed by atoms with van der Waals surface area (Å²) in [7, 11) is 1.54. The Morgan fingerprint density at radius 2 is 1.75 bits per heavy atom. The van der Waals surface area contributed by atoms with E-state index in [-0.39, 0.29) is 11.7 Å². The monoisotopic (exact) mass is 329 g/mol. The zero-order valence-electron chi connectivity index (χ0n) is 13.5. The molecule has 0 saturated carbocycles. The number of methoxy groups -OCH3 is 1. The number of rotatable bonds is 3. The summed E-state index contributed by atoms with van der Waals surface area (Å²) >= 11 is 0. The Bertz CT molecular complexity index is 726. The Morgan fingerprint density at radius 3 is 2.33 bits per heavy atom. The van der Waals surface area contributed by atoms with Crippen molar-refractivity contribution in [2.75, 3.05) is 43.9 Å². The number of carbonyl (C=O) groups excluding carboxylic acids is 1. The van der Waals surface area contributed by atoms with Crippen LogP contribution in [-0.2, 0) is 0 Å². The minimum Gasteiger partial charge on any atom is -0.495 e. The maximum Gasteiger partial charge on any atom is 0.254 e. The molecule has 2 aromatic rings. The topological polar surface area (TPSA) is 58.8 Å². The van der Waals surface area contributed by atoms with Gasteiger partial charge in [0.05, 0.1) is 12.8 Å². The number of piperazine rings is 1. The van der Waals surface area contributed by atoms with Crippen molar-refractivity contribution in [3.63, 3.8) is 0 Å². The zero-order valence-corrected chi connectivity index (χ0v) is 13.5. The third-order valence-corrected chi connectivity index (χ3v) is 4.24. The molecule has 0 aromatic heterocycles. The number of halogens is 1. The van der Waals surface area contributed by atoms with Crippen LogP contribution in [0.2, 0.25) is 0 Å². The Morgan fingerprint density at radius 1 is 1.08 bits per heavy atom. The first-order chi connectivity index (χ1) is 11.6. The second kappa shape index (κ2) is 6.78. The third kappa shape index (κ3) is 3.27. The molecular weight excluding hydrogens is 309 g/mol. The van der Waals surface area contributed by atoms with Crippen LogP contribution in [0, 0.1) is 5.82 Å². The van der Waals surface area contributed by atoms with E-state index in [4.69, 9.17) is 10.5 Å². The standard InChI is InChI=1S/C18H20FN3O2/c1-24-17-7-2-13(12-16(17)20)18(23)22-10-8-21(9-11-22)15-5-3-14(19)4-6-15/h2-7,12H,8-11,20H2,1H3. The molecule has 2 N–H and O–H groups in total. The maximum atomic E-state index is 13.0. The van der Waals surface area contributed by atoms with Crippen molar-refractivity contribution in [3.8, 4) is 5.75 Å². The van der Waals surface area contributed by atoms with Crippen LogP contribution in [0.25, 0.3) is 0 Å². The fourth-order valence-electron chi connectivity index (χ4n) is 2.87. The molecule has 1 amide bonds. The van der Waals surface area contributed by atoms with Crippen LogP contribution in [0.3, 0.4) is 0 Å². The summed E-state index contributed by atoms with van der Waals surface area (Å²) in [6.45, 7) is 2.65. The Labute approximate surface area is 140 Å². The van der Waals surface area contributed by atoms with Crippen molar-refractivity contribution in [1.82, 2.24) is 4.90 Å². The lowest BCUT2D eigenvalue weighted by molar-refractivity contribution is 0.0747. The quantitative estimate of drug-likeness (QED) is 0.879. The van der Waals surface area contributed by atoms with Gasteiger partial charge in [0.15, 0.2) is 0 Å². The van der Waals surface area contributed by atoms with E-state index in [1.807, 2.05) is 0 Å². The summed E-state index contributed by atoms with van der Waals surface area (Å²) in [5.74, 6) is 0.278. The summed E-state index contributed by atoms with van der Waals surface area (Å²) in [5.41, 5.74) is 7.86. The van der Waals surface area contributed by atoms with Crippen LogP contribution >= 0.6 is 0 Å². The minimum atomic E-state index is -0.246. The predicted octanol–water partition coefficient (Wildman–Crippen LogP) is 2.38. The first-order valence-corrected chi connectivity index (χ1v) is 7.82. The first kappa shape index (κ1) is 16.1. The smallest absolute Gasteiger partial charge is 0.254 e. The molecule has 5 nitrogen and oxygen atoms in total. The summed E-state index contributed by atoms with van der Waals surface area (Å²) in [6, 6.07) is 11.5. The van der Waals surface area contributed by atoms with Gasteiger partial charge in [0.2, 0.25) is 0 Å². The van der Waals surface area contributed by atoms with E-state index < -0.39 is 0 Å². The number of nitrogens with zero attached hydrogens (tertiary/aromatic N) is 2. The van der Waals surface area contributed by atoms with Crippen molar-refractivity contribution in [1.29, 1.82) is 0 Å². The lowest BCUT2D eigenvalue weighted by Gasteiger charge is -2.36. The number of nitrogen functional groups attached to an aromatic ring is 1. The molecule has 0 aliphatic carbocycles. The van der Waals surface area contributed by atoms with Crippen LogP contribution in [-0.4, -0.2) is 44.1 Å². The molecule has 1 heterocycles. The van der Waals surface area contributed by atoms with Crippen LogP contribution in [0.15, 0.2) is 42.5 Å². The number of hydrogen-bond acceptors (Lipinski definition) is 4. The van der Waals surface area contributed by atoms with Gasteiger partial charge >= 0.3 is 0 Å². The molecule has 6 heteroatoms. The SMILES string of the molecule is COc1ccc(C(=O)N2CCN(c3ccc(F)cc3)CC2)cc1N. The van der Waals surface area contributed by atoms with E-state index in [1.165, 1.54) is 12.1 Å². The average Bonchev–Trinajstić information content (AvgIpc) is 2.62. The summed E-state index contributed by atoms with van der Waals surface area (Å²) in [4.78, 5) is 16.6. The van der Waals surface area contributed by atoms with Crippen molar-refractivity contribution in [2.45, 2.75) is 0 Å². The number of amides is 1. The molecule has 0 atom stereocenters. The van der Waals surface area contributed by atoms with Gasteiger partial charge in [-0.3, -0.25) is 4.79 Å². The van der Waals surface area contributed by atoms with Gasteiger partial charge < -0.3 is 20.3 Å². The molecule has 0 unspecified atom stereocenters. The number of hydrogen-bond donors (Lipinski definition) is 1. The predicted molar refractivity (Wildman–Crippen MR) is 91.9 cm³/mol. The molecule has 1 aliphatic rings. The fraction of sp³-hybridized carbons (Fsp3) is 0.278. The Kier molecular flexibility index (Phi) is 4.55. The summed E-state index contributed by atoms with van der Waals surface area (Å²) < 4.78 is 18.1. The van der Waals surface area contributed by atoms with Gasteiger partial charge in [0.25, 0.3) is 5.91 Å². The van der Waals surface area contributed by atoms with Crippen LogP contribution in [0.5, 0.6) is 5.75 Å². The Balaban J connectivity index is 1.64. The van der Waals surface area contributed by atoms with E-state index in [0.717, 1.165) is 5.69 Å². The normalized spacial score (nSPS) is 14.6. The molecule has 0 bridgehead atoms. The molecule has 1 fully saturated rings. The number of carbonyl (C=O) groups is 1. The molecule has 2 aromatic carbocycles. The number of ether oxygens (including phenoxy) is 1. The fourth-order valence-corrected chi connectivity index (χ4v) is 2.87. The lowest BCUT2D eigenvalue weighted by Crippen LogP contribution is -2.48. The van der Waals surface area contributed by atoms with Crippen LogP contribution < -0.4 is 15.4 Å². The molecule has 24 heavy (non-hydrogen) atoms. The molecule has 126 valence electrons. The third-order valence-electron chi connectivity index (χ3n) is 4.24. The van der Waals surface area contributed by atoms with Crippen molar-refractivity contribution in [2.24, 2.45) is 0 Å². The highest BCUT2D eigenvalue weighted by atomic mass is 19.1. The second-order valence-corrected chi connectivity index (χ2v) is 5.71. The highest BCUT2D eigenvalue weighted by molar-refractivity contribution is 5.95. The second-order valence-electron chi connectivity index (χ2n) is 5.71. The lowest BCUT2D eigenvalue weighted by atomic mass is 10.1. The molecule has 0 spiro atoms. The van der Waals surface area contributed by atoms with Crippen molar-refractivity contribution in [3.05, 3.63) is 53.8 Å². The zero-order chi connectivity index (χ0) is 17.1. The van der Waals surface area contributed by atoms with E-state index in [0.29, 0.717) is 43.2 Å². The molecule has 3 rings (SSSR count). The van der Waals surface area contributed by atoms with Gasteiger partial charge in [0, 0.05) is 37.4 Å². The highest BCUT2D eigenvalue weighted by Gasteiger charge is 2.22. The van der Waals surface area contributed by atoms with Gasteiger partial charge in [-0.2, -0.15) is 0 Å². The van der Waals surface area contributed by atoms with Gasteiger partial charge in [-0.15, -0.1) is 0 Å². The summed E-state index contributed by atoms with van der Waals surface area (Å²) in [6.07, 6.45) is 0. The molecular formula is C18H20FN3O2. The number of benzene rings is 2. The van der Waals surface area contributed by atoms with Crippen molar-refractivity contribution < 1.29 is 13.9 Å². The number of anilines is 2. The molecule has 1 aliphatic heterocycles. The van der Waals surface area contributed by atoms with E-state index in [2.05, 4.69) is 4.90 Å². The maximum absolute atomic E-state index is 13.0. The number of nitrogens with two attached hydrogens (primary N) is 1. The average molecular weight is 329 g/mol. The van der Waals surface area contributed by atoms with E-state index in [9.17, 15) is 9.18 Å². The highest BCUT2D eigenvalue weighted by Crippen LogP contribution is 2.23. The molecule has 1 saturated heterocycles.